The van der Waals surface area contributed by atoms with E-state index < -0.39 is 4.92 Å². The van der Waals surface area contributed by atoms with Crippen molar-refractivity contribution in [2.24, 2.45) is 5.73 Å². The zero-order valence-corrected chi connectivity index (χ0v) is 9.79. The van der Waals surface area contributed by atoms with Gasteiger partial charge in [-0.25, -0.2) is 0 Å². The van der Waals surface area contributed by atoms with E-state index in [1.54, 1.807) is 19.1 Å². The molecule has 0 saturated carbocycles. The van der Waals surface area contributed by atoms with Gasteiger partial charge in [0.15, 0.2) is 5.82 Å². The first-order chi connectivity index (χ1) is 8.63. The third kappa shape index (κ3) is 2.21. The summed E-state index contributed by atoms with van der Waals surface area (Å²) in [5, 5.41) is 14.7. The van der Waals surface area contributed by atoms with E-state index in [0.717, 1.165) is 0 Å². The summed E-state index contributed by atoms with van der Waals surface area (Å²) in [7, 11) is 0. The lowest BCUT2D eigenvalue weighted by atomic mass is 10.1. The van der Waals surface area contributed by atoms with Crippen molar-refractivity contribution in [3.63, 3.8) is 0 Å². The first-order valence-corrected chi connectivity index (χ1v) is 5.40. The highest BCUT2D eigenvalue weighted by molar-refractivity contribution is 5.70. The standard InChI is InChI=1S/C11H12N4O3/c1-7-3-2-4-8(15(16)17)10(7)11-13-9(5-6-12)14-18-11/h2-4H,5-6,12H2,1H3. The average Bonchev–Trinajstić information content (AvgIpc) is 2.77. The molecule has 0 amide bonds. The Kier molecular flexibility index (Phi) is 3.33. The van der Waals surface area contributed by atoms with Crippen molar-refractivity contribution in [1.29, 1.82) is 0 Å². The molecule has 0 radical (unpaired) electrons. The molecule has 18 heavy (non-hydrogen) atoms. The van der Waals surface area contributed by atoms with Crippen LogP contribution in [0.15, 0.2) is 22.7 Å². The van der Waals surface area contributed by atoms with Crippen molar-refractivity contribution in [3.8, 4) is 11.5 Å². The molecule has 0 aliphatic heterocycles. The Hall–Kier alpha value is -2.28. The minimum Gasteiger partial charge on any atom is -0.334 e. The lowest BCUT2D eigenvalue weighted by Crippen LogP contribution is -2.03. The van der Waals surface area contributed by atoms with Crippen LogP contribution in [0.4, 0.5) is 5.69 Å². The molecular formula is C11H12N4O3. The molecule has 1 heterocycles. The van der Waals surface area contributed by atoms with E-state index in [0.29, 0.717) is 29.9 Å². The maximum absolute atomic E-state index is 11.0. The summed E-state index contributed by atoms with van der Waals surface area (Å²) in [6.07, 6.45) is 0.475. The fourth-order valence-electron chi connectivity index (χ4n) is 1.67. The summed E-state index contributed by atoms with van der Waals surface area (Å²) in [5.74, 6) is 0.605. The topological polar surface area (TPSA) is 108 Å². The highest BCUT2D eigenvalue weighted by atomic mass is 16.6. The Morgan fingerprint density at radius 2 is 2.28 bits per heavy atom. The molecule has 94 valence electrons. The van der Waals surface area contributed by atoms with E-state index in [2.05, 4.69) is 10.1 Å². The predicted octanol–water partition coefficient (Wildman–Crippen LogP) is 1.45. The first-order valence-electron chi connectivity index (χ1n) is 5.40. The quantitative estimate of drug-likeness (QED) is 0.648. The number of nitro benzene ring substituents is 1. The fourth-order valence-corrected chi connectivity index (χ4v) is 1.67. The van der Waals surface area contributed by atoms with Crippen LogP contribution < -0.4 is 5.73 Å². The SMILES string of the molecule is Cc1cccc([N+](=O)[O-])c1-c1nc(CCN)no1. The van der Waals surface area contributed by atoms with Gasteiger partial charge in [0.05, 0.1) is 4.92 Å². The molecule has 0 aliphatic rings. The monoisotopic (exact) mass is 248 g/mol. The molecule has 1 aromatic heterocycles. The van der Waals surface area contributed by atoms with Gasteiger partial charge in [0.25, 0.3) is 11.6 Å². The van der Waals surface area contributed by atoms with Crippen molar-refractivity contribution >= 4 is 5.69 Å². The van der Waals surface area contributed by atoms with E-state index in [4.69, 9.17) is 10.3 Å². The molecule has 0 bridgehead atoms. The summed E-state index contributed by atoms with van der Waals surface area (Å²) >= 11 is 0. The van der Waals surface area contributed by atoms with Crippen LogP contribution in [0.25, 0.3) is 11.5 Å². The van der Waals surface area contributed by atoms with Gasteiger partial charge in [-0.1, -0.05) is 17.3 Å². The summed E-state index contributed by atoms with van der Waals surface area (Å²) in [5.41, 5.74) is 6.42. The molecule has 7 nitrogen and oxygen atoms in total. The zero-order chi connectivity index (χ0) is 13.1. The van der Waals surface area contributed by atoms with Crippen molar-refractivity contribution in [1.82, 2.24) is 10.1 Å². The van der Waals surface area contributed by atoms with Gasteiger partial charge in [0.1, 0.15) is 5.56 Å². The minimum atomic E-state index is -0.463. The molecule has 0 fully saturated rings. The molecule has 0 aliphatic carbocycles. The number of nitrogens with two attached hydrogens (primary N) is 1. The molecule has 0 unspecified atom stereocenters. The Labute approximate surface area is 103 Å². The van der Waals surface area contributed by atoms with Gasteiger partial charge < -0.3 is 10.3 Å². The maximum Gasteiger partial charge on any atom is 0.282 e. The second-order valence-corrected chi connectivity index (χ2v) is 3.78. The number of aryl methyl sites for hydroxylation is 1. The molecule has 2 aromatic rings. The average molecular weight is 248 g/mol. The lowest BCUT2D eigenvalue weighted by Gasteiger charge is -2.01. The number of aromatic nitrogens is 2. The number of hydrogen-bond donors (Lipinski definition) is 1. The smallest absolute Gasteiger partial charge is 0.282 e. The van der Waals surface area contributed by atoms with Crippen LogP contribution in [-0.4, -0.2) is 21.6 Å². The number of benzene rings is 1. The number of hydrogen-bond acceptors (Lipinski definition) is 6. The first kappa shape index (κ1) is 12.2. The van der Waals surface area contributed by atoms with Crippen LogP contribution in [0, 0.1) is 17.0 Å². The van der Waals surface area contributed by atoms with Crippen molar-refractivity contribution in [3.05, 3.63) is 39.7 Å². The van der Waals surface area contributed by atoms with Gasteiger partial charge in [-0.05, 0) is 19.0 Å². The Bertz CT molecular complexity index is 579. The molecule has 2 N–H and O–H groups in total. The van der Waals surface area contributed by atoms with Gasteiger partial charge in [-0.15, -0.1) is 0 Å². The van der Waals surface area contributed by atoms with Crippen LogP contribution in [0.3, 0.4) is 0 Å². The van der Waals surface area contributed by atoms with Crippen LogP contribution in [0.1, 0.15) is 11.4 Å². The Morgan fingerprint density at radius 3 is 2.94 bits per heavy atom. The third-order valence-corrected chi connectivity index (χ3v) is 2.50. The van der Waals surface area contributed by atoms with Crippen molar-refractivity contribution in [2.45, 2.75) is 13.3 Å². The Balaban J connectivity index is 2.51. The van der Waals surface area contributed by atoms with Crippen molar-refractivity contribution in [2.75, 3.05) is 6.54 Å². The predicted molar refractivity (Wildman–Crippen MR) is 63.9 cm³/mol. The Morgan fingerprint density at radius 1 is 1.50 bits per heavy atom. The van der Waals surface area contributed by atoms with Gasteiger partial charge in [-0.3, -0.25) is 10.1 Å². The van der Waals surface area contributed by atoms with Gasteiger partial charge in [0, 0.05) is 12.5 Å². The zero-order valence-electron chi connectivity index (χ0n) is 9.79. The summed E-state index contributed by atoms with van der Waals surface area (Å²) in [4.78, 5) is 14.6. The van der Waals surface area contributed by atoms with Crippen LogP contribution in [-0.2, 0) is 6.42 Å². The maximum atomic E-state index is 11.0. The molecule has 7 heteroatoms. The lowest BCUT2D eigenvalue weighted by molar-refractivity contribution is -0.384. The highest BCUT2D eigenvalue weighted by Gasteiger charge is 2.22. The third-order valence-electron chi connectivity index (χ3n) is 2.50. The van der Waals surface area contributed by atoms with E-state index in [9.17, 15) is 10.1 Å². The van der Waals surface area contributed by atoms with E-state index >= 15 is 0 Å². The molecule has 2 rings (SSSR count). The summed E-state index contributed by atoms with van der Waals surface area (Å²) in [6.45, 7) is 2.16. The van der Waals surface area contributed by atoms with Gasteiger partial charge >= 0.3 is 0 Å². The molecule has 1 aromatic carbocycles. The van der Waals surface area contributed by atoms with Crippen LogP contribution >= 0.6 is 0 Å². The molecular weight excluding hydrogens is 236 g/mol. The summed E-state index contributed by atoms with van der Waals surface area (Å²) < 4.78 is 5.05. The number of nitro groups is 1. The van der Waals surface area contributed by atoms with Crippen LogP contribution in [0.5, 0.6) is 0 Å². The molecule has 0 atom stereocenters. The largest absolute Gasteiger partial charge is 0.334 e. The van der Waals surface area contributed by atoms with E-state index in [-0.39, 0.29) is 11.6 Å². The second-order valence-electron chi connectivity index (χ2n) is 3.78. The summed E-state index contributed by atoms with van der Waals surface area (Å²) in [6, 6.07) is 4.79. The van der Waals surface area contributed by atoms with Crippen LogP contribution in [0.2, 0.25) is 0 Å². The number of nitrogens with zero attached hydrogens (tertiary/aromatic N) is 3. The molecule has 0 saturated heterocycles. The highest BCUT2D eigenvalue weighted by Crippen LogP contribution is 2.31. The second kappa shape index (κ2) is 4.92. The van der Waals surface area contributed by atoms with E-state index in [1.807, 2.05) is 0 Å². The van der Waals surface area contributed by atoms with Gasteiger partial charge in [-0.2, -0.15) is 4.98 Å². The van der Waals surface area contributed by atoms with E-state index in [1.165, 1.54) is 6.07 Å². The minimum absolute atomic E-state index is 0.0436. The fraction of sp³-hybridized carbons (Fsp3) is 0.273. The van der Waals surface area contributed by atoms with Crippen molar-refractivity contribution < 1.29 is 9.45 Å². The normalized spacial score (nSPS) is 10.6. The molecule has 0 spiro atoms. The van der Waals surface area contributed by atoms with Gasteiger partial charge in [0.2, 0.25) is 0 Å². The number of rotatable bonds is 4.